The molecule has 3 aromatic rings. The molecule has 1 heterocycles. The molecule has 124 valence electrons. The third-order valence-electron chi connectivity index (χ3n) is 3.76. The van der Waals surface area contributed by atoms with Gasteiger partial charge < -0.3 is 5.32 Å². The maximum atomic E-state index is 9.49. The van der Waals surface area contributed by atoms with Gasteiger partial charge in [-0.25, -0.2) is 4.98 Å². The number of allylic oxidation sites excluding steroid dienone is 1. The van der Waals surface area contributed by atoms with Crippen molar-refractivity contribution in [2.45, 2.75) is 13.8 Å². The van der Waals surface area contributed by atoms with Gasteiger partial charge in [0.1, 0.15) is 16.6 Å². The van der Waals surface area contributed by atoms with Crippen LogP contribution in [0.25, 0.3) is 16.8 Å². The van der Waals surface area contributed by atoms with Crippen LogP contribution in [-0.4, -0.2) is 4.98 Å². The topological polar surface area (TPSA) is 48.7 Å². The summed E-state index contributed by atoms with van der Waals surface area (Å²) in [6.07, 6.45) is 1.71. The Balaban J connectivity index is 1.85. The lowest BCUT2D eigenvalue weighted by Crippen LogP contribution is -1.94. The van der Waals surface area contributed by atoms with Gasteiger partial charge in [-0.05, 0) is 43.2 Å². The number of hydrogen-bond acceptors (Lipinski definition) is 4. The molecule has 0 aliphatic heterocycles. The third-order valence-corrected chi connectivity index (χ3v) is 4.89. The fourth-order valence-corrected chi connectivity index (χ4v) is 3.25. The van der Waals surface area contributed by atoms with Crippen LogP contribution in [0.3, 0.4) is 0 Å². The van der Waals surface area contributed by atoms with Crippen molar-refractivity contribution in [2.75, 3.05) is 5.32 Å². The number of nitrogens with zero attached hydrogens (tertiary/aromatic N) is 2. The zero-order valence-electron chi connectivity index (χ0n) is 13.9. The number of thiazole rings is 1. The summed E-state index contributed by atoms with van der Waals surface area (Å²) in [6.45, 7) is 4.07. The molecule has 0 aliphatic carbocycles. The second kappa shape index (κ2) is 7.52. The Morgan fingerprint density at radius 1 is 1.20 bits per heavy atom. The van der Waals surface area contributed by atoms with Crippen molar-refractivity contribution in [2.24, 2.45) is 0 Å². The molecule has 0 aliphatic rings. The maximum Gasteiger partial charge on any atom is 0.136 e. The van der Waals surface area contributed by atoms with E-state index in [4.69, 9.17) is 11.6 Å². The predicted molar refractivity (Wildman–Crippen MR) is 106 cm³/mol. The van der Waals surface area contributed by atoms with Gasteiger partial charge in [0.25, 0.3) is 0 Å². The van der Waals surface area contributed by atoms with E-state index in [9.17, 15) is 5.26 Å². The average molecular weight is 366 g/mol. The van der Waals surface area contributed by atoms with Crippen LogP contribution in [0.15, 0.2) is 54.0 Å². The second-order valence-corrected chi connectivity index (χ2v) is 6.97. The lowest BCUT2D eigenvalue weighted by Gasteiger charge is -2.06. The van der Waals surface area contributed by atoms with Crippen molar-refractivity contribution in [1.82, 2.24) is 4.98 Å². The van der Waals surface area contributed by atoms with E-state index < -0.39 is 0 Å². The van der Waals surface area contributed by atoms with Crippen molar-refractivity contribution in [3.63, 3.8) is 0 Å². The Labute approximate surface area is 156 Å². The quantitative estimate of drug-likeness (QED) is 0.572. The second-order valence-electron chi connectivity index (χ2n) is 5.68. The van der Waals surface area contributed by atoms with Crippen molar-refractivity contribution in [3.05, 3.63) is 75.2 Å². The Morgan fingerprint density at radius 2 is 1.96 bits per heavy atom. The van der Waals surface area contributed by atoms with E-state index in [2.05, 4.69) is 34.6 Å². The minimum atomic E-state index is 0.506. The zero-order valence-corrected chi connectivity index (χ0v) is 15.4. The van der Waals surface area contributed by atoms with Crippen LogP contribution in [0.5, 0.6) is 0 Å². The fraction of sp³-hybridized carbons (Fsp3) is 0.100. The third kappa shape index (κ3) is 4.08. The van der Waals surface area contributed by atoms with E-state index in [1.165, 1.54) is 16.9 Å². The highest BCUT2D eigenvalue weighted by Gasteiger charge is 2.09. The van der Waals surface area contributed by atoms with Gasteiger partial charge in [0, 0.05) is 27.9 Å². The number of rotatable bonds is 4. The van der Waals surface area contributed by atoms with E-state index in [-0.39, 0.29) is 0 Å². The minimum Gasteiger partial charge on any atom is -0.360 e. The molecule has 2 aromatic carbocycles. The molecule has 1 aromatic heterocycles. The van der Waals surface area contributed by atoms with Crippen LogP contribution >= 0.6 is 22.9 Å². The van der Waals surface area contributed by atoms with Crippen molar-refractivity contribution < 1.29 is 0 Å². The van der Waals surface area contributed by atoms with Gasteiger partial charge >= 0.3 is 0 Å². The number of aromatic nitrogens is 1. The van der Waals surface area contributed by atoms with Gasteiger partial charge in [0.2, 0.25) is 0 Å². The summed E-state index contributed by atoms with van der Waals surface area (Å²) < 4.78 is 0. The van der Waals surface area contributed by atoms with Crippen LogP contribution in [0, 0.1) is 25.2 Å². The molecule has 0 bridgehead atoms. The fourth-order valence-electron chi connectivity index (χ4n) is 2.33. The van der Waals surface area contributed by atoms with Crippen LogP contribution in [0.1, 0.15) is 16.1 Å². The molecule has 1 N–H and O–H groups in total. The summed E-state index contributed by atoms with van der Waals surface area (Å²) in [6, 6.07) is 15.9. The number of halogens is 1. The molecule has 0 radical (unpaired) electrons. The first-order chi connectivity index (χ1) is 12.1. The van der Waals surface area contributed by atoms with Gasteiger partial charge in [-0.2, -0.15) is 5.26 Å². The van der Waals surface area contributed by atoms with Crippen LogP contribution in [-0.2, 0) is 0 Å². The summed E-state index contributed by atoms with van der Waals surface area (Å²) in [4.78, 5) is 4.58. The minimum absolute atomic E-state index is 0.506. The van der Waals surface area contributed by atoms with E-state index in [0.717, 1.165) is 22.5 Å². The lowest BCUT2D eigenvalue weighted by atomic mass is 10.1. The molecule has 3 nitrogen and oxygen atoms in total. The number of hydrogen-bond donors (Lipinski definition) is 1. The van der Waals surface area contributed by atoms with Crippen molar-refractivity contribution in [1.29, 1.82) is 5.26 Å². The molecule has 0 amide bonds. The molecule has 0 saturated carbocycles. The maximum absolute atomic E-state index is 9.49. The molecule has 3 rings (SSSR count). The number of nitriles is 1. The summed E-state index contributed by atoms with van der Waals surface area (Å²) >= 11 is 7.37. The monoisotopic (exact) mass is 365 g/mol. The van der Waals surface area contributed by atoms with Crippen LogP contribution in [0.4, 0.5) is 5.69 Å². The predicted octanol–water partition coefficient (Wildman–Crippen LogP) is 6.06. The van der Waals surface area contributed by atoms with E-state index in [0.29, 0.717) is 15.6 Å². The molecular weight excluding hydrogens is 350 g/mol. The molecule has 0 unspecified atom stereocenters. The average Bonchev–Trinajstić information content (AvgIpc) is 3.09. The molecule has 0 fully saturated rings. The van der Waals surface area contributed by atoms with E-state index in [1.54, 1.807) is 6.20 Å². The first kappa shape index (κ1) is 17.2. The van der Waals surface area contributed by atoms with Gasteiger partial charge in [-0.3, -0.25) is 0 Å². The Morgan fingerprint density at radius 3 is 2.68 bits per heavy atom. The van der Waals surface area contributed by atoms with Gasteiger partial charge in [0.15, 0.2) is 0 Å². The zero-order chi connectivity index (χ0) is 17.8. The molecular formula is C20H16ClN3S. The highest BCUT2D eigenvalue weighted by molar-refractivity contribution is 7.11. The van der Waals surface area contributed by atoms with Gasteiger partial charge in [-0.1, -0.05) is 35.9 Å². The largest absolute Gasteiger partial charge is 0.360 e. The first-order valence-corrected chi connectivity index (χ1v) is 8.98. The van der Waals surface area contributed by atoms with E-state index in [1.807, 2.05) is 43.5 Å². The summed E-state index contributed by atoms with van der Waals surface area (Å²) in [5.74, 6) is 0. The number of nitrogens with one attached hydrogen (secondary N) is 1. The SMILES string of the molecule is Cc1ccc(C)c(N/C=C(\C#N)c2nc(-c3ccc(Cl)cc3)cs2)c1. The molecule has 0 spiro atoms. The number of anilines is 1. The highest BCUT2D eigenvalue weighted by atomic mass is 35.5. The van der Waals surface area contributed by atoms with Gasteiger partial charge in [0.05, 0.1) is 5.69 Å². The van der Waals surface area contributed by atoms with Crippen LogP contribution in [0.2, 0.25) is 5.02 Å². The first-order valence-electron chi connectivity index (χ1n) is 7.73. The van der Waals surface area contributed by atoms with Gasteiger partial charge in [-0.15, -0.1) is 11.3 Å². The highest BCUT2D eigenvalue weighted by Crippen LogP contribution is 2.27. The lowest BCUT2D eigenvalue weighted by molar-refractivity contribution is 1.35. The van der Waals surface area contributed by atoms with Crippen molar-refractivity contribution >= 4 is 34.2 Å². The van der Waals surface area contributed by atoms with Crippen LogP contribution < -0.4 is 5.32 Å². The number of aryl methyl sites for hydroxylation is 2. The number of benzene rings is 2. The Kier molecular flexibility index (Phi) is 5.18. The summed E-state index contributed by atoms with van der Waals surface area (Å²) in [5.41, 5.74) is 5.60. The smallest absolute Gasteiger partial charge is 0.136 e. The summed E-state index contributed by atoms with van der Waals surface area (Å²) in [7, 11) is 0. The normalized spacial score (nSPS) is 11.2. The van der Waals surface area contributed by atoms with E-state index >= 15 is 0 Å². The Hall–Kier alpha value is -2.61. The molecule has 0 saturated heterocycles. The van der Waals surface area contributed by atoms with Crippen molar-refractivity contribution in [3.8, 4) is 17.3 Å². The molecule has 25 heavy (non-hydrogen) atoms. The molecule has 5 heteroatoms. The standard InChI is InChI=1S/C20H16ClN3S/c1-13-3-4-14(2)18(9-13)23-11-16(10-22)20-24-19(12-25-20)15-5-7-17(21)8-6-15/h3-9,11-12,23H,1-2H3/b16-11+. The Bertz CT molecular complexity index is 965. The summed E-state index contributed by atoms with van der Waals surface area (Å²) in [5, 5.41) is 16.0. The molecule has 0 atom stereocenters.